The summed E-state index contributed by atoms with van der Waals surface area (Å²) in [6.45, 7) is 1.24. The Hall–Kier alpha value is -2.65. The predicted molar refractivity (Wildman–Crippen MR) is 108 cm³/mol. The van der Waals surface area contributed by atoms with Crippen LogP contribution in [0.2, 0.25) is 5.02 Å². The molecule has 0 saturated carbocycles. The van der Waals surface area contributed by atoms with Crippen LogP contribution in [0, 0.1) is 5.82 Å². The van der Waals surface area contributed by atoms with Gasteiger partial charge in [-0.15, -0.1) is 0 Å². The van der Waals surface area contributed by atoms with Crippen LogP contribution >= 0.6 is 11.6 Å². The molecule has 0 bridgehead atoms. The fourth-order valence-electron chi connectivity index (χ4n) is 3.06. The highest BCUT2D eigenvalue weighted by Gasteiger charge is 2.26. The van der Waals surface area contributed by atoms with E-state index in [0.29, 0.717) is 37.4 Å². The van der Waals surface area contributed by atoms with Crippen molar-refractivity contribution in [3.05, 3.63) is 64.4 Å². The normalized spacial score (nSPS) is 14.6. The van der Waals surface area contributed by atoms with Gasteiger partial charge < -0.3 is 9.80 Å². The van der Waals surface area contributed by atoms with Gasteiger partial charge in [-0.1, -0.05) is 17.7 Å². The molecule has 0 atom stereocenters. The van der Waals surface area contributed by atoms with Crippen molar-refractivity contribution in [3.63, 3.8) is 0 Å². The molecule has 1 heterocycles. The molecule has 154 valence electrons. The quantitative estimate of drug-likeness (QED) is 0.792. The third-order valence-corrected chi connectivity index (χ3v) is 5.35. The van der Waals surface area contributed by atoms with Crippen LogP contribution in [0.4, 0.5) is 10.1 Å². The minimum Gasteiger partial charge on any atom is -0.335 e. The summed E-state index contributed by atoms with van der Waals surface area (Å²) in [4.78, 5) is 28.5. The average molecular weight is 440 g/mol. The van der Waals surface area contributed by atoms with Gasteiger partial charge in [0.2, 0.25) is 10.0 Å². The molecule has 2 aromatic carbocycles. The minimum absolute atomic E-state index is 0.0451. The maximum Gasteiger partial charge on any atom is 0.255 e. The fraction of sp³-hybridized carbons (Fsp3) is 0.263. The van der Waals surface area contributed by atoms with Crippen molar-refractivity contribution in [3.8, 4) is 0 Å². The number of nitrogens with zero attached hydrogens (tertiary/aromatic N) is 2. The molecule has 0 unspecified atom stereocenters. The summed E-state index contributed by atoms with van der Waals surface area (Å²) in [7, 11) is -3.45. The third-order valence-electron chi connectivity index (χ3n) is 4.43. The molecule has 3 rings (SSSR count). The monoisotopic (exact) mass is 439 g/mol. The van der Waals surface area contributed by atoms with E-state index in [4.69, 9.17) is 11.6 Å². The van der Waals surface area contributed by atoms with Crippen LogP contribution < -0.4 is 4.72 Å². The number of halogens is 2. The number of benzene rings is 2. The van der Waals surface area contributed by atoms with Crippen LogP contribution in [0.1, 0.15) is 20.7 Å². The topological polar surface area (TPSA) is 86.8 Å². The summed E-state index contributed by atoms with van der Waals surface area (Å²) in [6.07, 6.45) is 1.03. The Kier molecular flexibility index (Phi) is 6.09. The molecule has 1 aliphatic rings. The Morgan fingerprint density at radius 3 is 2.21 bits per heavy atom. The smallest absolute Gasteiger partial charge is 0.255 e. The van der Waals surface area contributed by atoms with Gasteiger partial charge in [-0.25, -0.2) is 12.8 Å². The number of nitrogens with one attached hydrogen (secondary N) is 1. The number of carbonyl (C=O) groups is 2. The van der Waals surface area contributed by atoms with Gasteiger partial charge in [-0.3, -0.25) is 14.3 Å². The van der Waals surface area contributed by atoms with E-state index in [-0.39, 0.29) is 22.4 Å². The number of rotatable bonds is 4. The van der Waals surface area contributed by atoms with Gasteiger partial charge in [0, 0.05) is 37.4 Å². The van der Waals surface area contributed by atoms with Gasteiger partial charge in [0.15, 0.2) is 0 Å². The van der Waals surface area contributed by atoms with E-state index in [1.165, 1.54) is 18.2 Å². The maximum absolute atomic E-state index is 13.2. The van der Waals surface area contributed by atoms with E-state index in [1.807, 2.05) is 0 Å². The Morgan fingerprint density at radius 2 is 1.62 bits per heavy atom. The molecule has 10 heteroatoms. The van der Waals surface area contributed by atoms with E-state index in [2.05, 4.69) is 4.72 Å². The number of carbonyl (C=O) groups excluding carboxylic acids is 2. The average Bonchev–Trinajstić information content (AvgIpc) is 2.66. The summed E-state index contributed by atoms with van der Waals surface area (Å²) in [6, 6.07) is 9.84. The molecule has 2 amide bonds. The lowest BCUT2D eigenvalue weighted by molar-refractivity contribution is 0.0535. The van der Waals surface area contributed by atoms with E-state index in [0.717, 1.165) is 12.3 Å². The fourth-order valence-corrected chi connectivity index (χ4v) is 3.86. The zero-order valence-electron chi connectivity index (χ0n) is 15.6. The standard InChI is InChI=1S/C19H19ClFN3O4S/c1-29(27,28)22-15-4-2-3-13(11-15)18(25)23-7-9-24(10-8-23)19(26)16-6-5-14(21)12-17(16)20/h2-6,11-12,22H,7-10H2,1H3. The lowest BCUT2D eigenvalue weighted by atomic mass is 10.1. The van der Waals surface area contributed by atoms with Crippen LogP contribution in [0.15, 0.2) is 42.5 Å². The molecular weight excluding hydrogens is 421 g/mol. The summed E-state index contributed by atoms with van der Waals surface area (Å²) in [5.41, 5.74) is 0.866. The molecule has 0 aromatic heterocycles. The van der Waals surface area contributed by atoms with Crippen molar-refractivity contribution >= 4 is 39.1 Å². The molecule has 1 saturated heterocycles. The first-order chi connectivity index (χ1) is 13.6. The van der Waals surface area contributed by atoms with Crippen LogP contribution in [-0.4, -0.2) is 62.5 Å². The molecule has 0 radical (unpaired) electrons. The highest BCUT2D eigenvalue weighted by molar-refractivity contribution is 7.92. The molecule has 1 fully saturated rings. The number of amides is 2. The Labute approximate surface area is 173 Å². The zero-order chi connectivity index (χ0) is 21.2. The summed E-state index contributed by atoms with van der Waals surface area (Å²) < 4.78 is 38.3. The summed E-state index contributed by atoms with van der Waals surface area (Å²) >= 11 is 5.96. The van der Waals surface area contributed by atoms with Crippen LogP contribution in [0.25, 0.3) is 0 Å². The number of piperazine rings is 1. The van der Waals surface area contributed by atoms with Gasteiger partial charge in [0.25, 0.3) is 11.8 Å². The first-order valence-electron chi connectivity index (χ1n) is 8.75. The van der Waals surface area contributed by atoms with Gasteiger partial charge in [0.1, 0.15) is 5.82 Å². The van der Waals surface area contributed by atoms with Gasteiger partial charge >= 0.3 is 0 Å². The molecule has 0 aliphatic carbocycles. The van der Waals surface area contributed by atoms with Crippen molar-refractivity contribution < 1.29 is 22.4 Å². The van der Waals surface area contributed by atoms with E-state index < -0.39 is 15.8 Å². The maximum atomic E-state index is 13.2. The van der Waals surface area contributed by atoms with Gasteiger partial charge in [-0.2, -0.15) is 0 Å². The second kappa shape index (κ2) is 8.38. The second-order valence-electron chi connectivity index (χ2n) is 6.66. The Bertz CT molecular complexity index is 1050. The lowest BCUT2D eigenvalue weighted by Crippen LogP contribution is -2.50. The highest BCUT2D eigenvalue weighted by Crippen LogP contribution is 2.21. The van der Waals surface area contributed by atoms with Crippen molar-refractivity contribution in [2.45, 2.75) is 0 Å². The van der Waals surface area contributed by atoms with Crippen LogP contribution in [0.3, 0.4) is 0 Å². The summed E-state index contributed by atoms with van der Waals surface area (Å²) in [5, 5.41) is 0.0451. The first kappa shape index (κ1) is 21.1. The zero-order valence-corrected chi connectivity index (χ0v) is 17.1. The van der Waals surface area contributed by atoms with Gasteiger partial charge in [-0.05, 0) is 36.4 Å². The third kappa shape index (κ3) is 5.24. The predicted octanol–water partition coefficient (Wildman–Crippen LogP) is 2.45. The molecule has 7 nitrogen and oxygen atoms in total. The number of hydrogen-bond acceptors (Lipinski definition) is 4. The molecular formula is C19H19ClFN3O4S. The van der Waals surface area contributed by atoms with Crippen LogP contribution in [0.5, 0.6) is 0 Å². The lowest BCUT2D eigenvalue weighted by Gasteiger charge is -2.35. The molecule has 29 heavy (non-hydrogen) atoms. The second-order valence-corrected chi connectivity index (χ2v) is 8.82. The first-order valence-corrected chi connectivity index (χ1v) is 11.0. The van der Waals surface area contributed by atoms with Crippen molar-refractivity contribution in [2.75, 3.05) is 37.2 Å². The van der Waals surface area contributed by atoms with Crippen molar-refractivity contribution in [1.29, 1.82) is 0 Å². The van der Waals surface area contributed by atoms with Crippen molar-refractivity contribution in [1.82, 2.24) is 9.80 Å². The van der Waals surface area contributed by atoms with E-state index in [1.54, 1.807) is 28.0 Å². The SMILES string of the molecule is CS(=O)(=O)Nc1cccc(C(=O)N2CCN(C(=O)c3ccc(F)cc3Cl)CC2)c1. The van der Waals surface area contributed by atoms with E-state index in [9.17, 15) is 22.4 Å². The van der Waals surface area contributed by atoms with Crippen LogP contribution in [-0.2, 0) is 10.0 Å². The number of sulfonamides is 1. The Balaban J connectivity index is 1.65. The highest BCUT2D eigenvalue weighted by atomic mass is 35.5. The number of hydrogen-bond donors (Lipinski definition) is 1. The molecule has 2 aromatic rings. The molecule has 0 spiro atoms. The number of anilines is 1. The largest absolute Gasteiger partial charge is 0.335 e. The minimum atomic E-state index is -3.45. The molecule has 1 aliphatic heterocycles. The summed E-state index contributed by atoms with van der Waals surface area (Å²) in [5.74, 6) is -1.09. The molecule has 1 N–H and O–H groups in total. The van der Waals surface area contributed by atoms with Gasteiger partial charge in [0.05, 0.1) is 16.8 Å². The van der Waals surface area contributed by atoms with Crippen molar-refractivity contribution in [2.24, 2.45) is 0 Å². The van der Waals surface area contributed by atoms with E-state index >= 15 is 0 Å². The Morgan fingerprint density at radius 1 is 1.00 bits per heavy atom.